The van der Waals surface area contributed by atoms with Gasteiger partial charge in [-0.3, -0.25) is 4.79 Å². The number of halogens is 3. The van der Waals surface area contributed by atoms with Gasteiger partial charge in [-0.05, 0) is 42.3 Å². The second-order valence-corrected chi connectivity index (χ2v) is 6.67. The molecular weight excluding hydrogens is 367 g/mol. The number of aryl methyl sites for hydroxylation is 1. The number of nitrogens with zero attached hydrogens (tertiary/aromatic N) is 3. The number of carbonyl (C=O) groups excluding carboxylic acids is 1. The number of rotatable bonds is 3. The van der Waals surface area contributed by atoms with Crippen molar-refractivity contribution in [3.63, 3.8) is 0 Å². The molecule has 0 atom stereocenters. The van der Waals surface area contributed by atoms with Crippen LogP contribution in [0.1, 0.15) is 34.0 Å². The molecule has 1 heterocycles. The number of hydrogen-bond donors (Lipinski definition) is 0. The van der Waals surface area contributed by atoms with E-state index in [1.165, 1.54) is 12.1 Å². The smallest absolute Gasteiger partial charge is 0.368 e. The van der Waals surface area contributed by atoms with Crippen LogP contribution in [0.2, 0.25) is 0 Å². The minimum absolute atomic E-state index is 0.0712. The highest BCUT2D eigenvalue weighted by Crippen LogP contribution is 2.34. The molecule has 0 aromatic heterocycles. The first-order chi connectivity index (χ1) is 13.3. The molecule has 0 spiro atoms. The van der Waals surface area contributed by atoms with Crippen LogP contribution in [0.25, 0.3) is 0 Å². The number of benzene rings is 2. The molecule has 0 aliphatic carbocycles. The van der Waals surface area contributed by atoms with Gasteiger partial charge >= 0.3 is 6.18 Å². The van der Waals surface area contributed by atoms with Crippen molar-refractivity contribution in [2.45, 2.75) is 19.5 Å². The topological polar surface area (TPSA) is 47.3 Å². The van der Waals surface area contributed by atoms with Gasteiger partial charge in [-0.2, -0.15) is 18.4 Å². The normalized spacial score (nSPS) is 14.7. The quantitative estimate of drug-likeness (QED) is 0.797. The third-order valence-electron chi connectivity index (χ3n) is 4.97. The third kappa shape index (κ3) is 4.11. The summed E-state index contributed by atoms with van der Waals surface area (Å²) < 4.78 is 39.5. The van der Waals surface area contributed by atoms with Gasteiger partial charge in [-0.1, -0.05) is 19.1 Å². The monoisotopic (exact) mass is 387 g/mol. The van der Waals surface area contributed by atoms with E-state index in [0.717, 1.165) is 18.1 Å². The average Bonchev–Trinajstić information content (AvgIpc) is 2.72. The summed E-state index contributed by atoms with van der Waals surface area (Å²) in [5, 5.41) is 8.91. The molecule has 1 fully saturated rings. The SMILES string of the molecule is CCc1ccc(C(=O)N2CCN(c3ccc(C#N)c(C(F)(F)F)c3)CC2)cc1. The van der Waals surface area contributed by atoms with E-state index < -0.39 is 11.7 Å². The van der Waals surface area contributed by atoms with Gasteiger partial charge < -0.3 is 9.80 Å². The summed E-state index contributed by atoms with van der Waals surface area (Å²) in [5.41, 5.74) is 0.861. The molecule has 0 N–H and O–H groups in total. The van der Waals surface area contributed by atoms with E-state index in [2.05, 4.69) is 0 Å². The second kappa shape index (κ2) is 7.93. The van der Waals surface area contributed by atoms with Crippen LogP contribution >= 0.6 is 0 Å². The molecule has 1 aliphatic heterocycles. The van der Waals surface area contributed by atoms with Crippen molar-refractivity contribution in [1.29, 1.82) is 5.26 Å². The van der Waals surface area contributed by atoms with Crippen LogP contribution in [0.5, 0.6) is 0 Å². The Hall–Kier alpha value is -3.01. The fourth-order valence-electron chi connectivity index (χ4n) is 3.29. The molecule has 1 amide bonds. The molecule has 2 aromatic carbocycles. The highest BCUT2D eigenvalue weighted by molar-refractivity contribution is 5.94. The number of carbonyl (C=O) groups is 1. The zero-order chi connectivity index (χ0) is 20.3. The van der Waals surface area contributed by atoms with Crippen LogP contribution in [0.15, 0.2) is 42.5 Å². The van der Waals surface area contributed by atoms with Crippen molar-refractivity contribution < 1.29 is 18.0 Å². The molecule has 146 valence electrons. The molecule has 0 saturated carbocycles. The van der Waals surface area contributed by atoms with Gasteiger partial charge in [-0.15, -0.1) is 0 Å². The van der Waals surface area contributed by atoms with Crippen LogP contribution in [-0.4, -0.2) is 37.0 Å². The Bertz CT molecular complexity index is 893. The fourth-order valence-corrected chi connectivity index (χ4v) is 3.29. The summed E-state index contributed by atoms with van der Waals surface area (Å²) in [5.74, 6) is -0.0712. The first kappa shape index (κ1) is 19.7. The van der Waals surface area contributed by atoms with E-state index in [1.807, 2.05) is 31.2 Å². The molecule has 0 radical (unpaired) electrons. The Morgan fingerprint density at radius 1 is 1.07 bits per heavy atom. The van der Waals surface area contributed by atoms with Gasteiger partial charge in [0.05, 0.1) is 17.2 Å². The Balaban J connectivity index is 1.70. The maximum absolute atomic E-state index is 13.2. The number of piperazine rings is 1. The Kier molecular flexibility index (Phi) is 5.59. The molecule has 1 saturated heterocycles. The minimum atomic E-state index is -4.58. The first-order valence-electron chi connectivity index (χ1n) is 9.08. The van der Waals surface area contributed by atoms with Crippen molar-refractivity contribution in [3.05, 3.63) is 64.7 Å². The van der Waals surface area contributed by atoms with Gasteiger partial charge in [0.25, 0.3) is 5.91 Å². The van der Waals surface area contributed by atoms with Crippen molar-refractivity contribution in [2.75, 3.05) is 31.1 Å². The molecule has 2 aromatic rings. The molecule has 28 heavy (non-hydrogen) atoms. The number of anilines is 1. The zero-order valence-electron chi connectivity index (χ0n) is 15.5. The van der Waals surface area contributed by atoms with Crippen LogP contribution in [0.4, 0.5) is 18.9 Å². The molecule has 0 bridgehead atoms. The Labute approximate surface area is 161 Å². The maximum atomic E-state index is 13.2. The summed E-state index contributed by atoms with van der Waals surface area (Å²) in [7, 11) is 0. The number of hydrogen-bond acceptors (Lipinski definition) is 3. The van der Waals surface area contributed by atoms with E-state index in [9.17, 15) is 18.0 Å². The van der Waals surface area contributed by atoms with Gasteiger partial charge in [0.1, 0.15) is 0 Å². The van der Waals surface area contributed by atoms with Crippen molar-refractivity contribution in [3.8, 4) is 6.07 Å². The summed E-state index contributed by atoms with van der Waals surface area (Å²) in [6.45, 7) is 3.76. The molecule has 4 nitrogen and oxygen atoms in total. The van der Waals surface area contributed by atoms with Gasteiger partial charge in [0.2, 0.25) is 0 Å². The van der Waals surface area contributed by atoms with Crippen molar-refractivity contribution in [2.24, 2.45) is 0 Å². The Morgan fingerprint density at radius 3 is 2.25 bits per heavy atom. The van der Waals surface area contributed by atoms with Crippen molar-refractivity contribution >= 4 is 11.6 Å². The van der Waals surface area contributed by atoms with Gasteiger partial charge in [0, 0.05) is 37.4 Å². The maximum Gasteiger partial charge on any atom is 0.417 e. The first-order valence-corrected chi connectivity index (χ1v) is 9.08. The number of amides is 1. The highest BCUT2D eigenvalue weighted by Gasteiger charge is 2.34. The highest BCUT2D eigenvalue weighted by atomic mass is 19.4. The predicted molar refractivity (Wildman–Crippen MR) is 100 cm³/mol. The molecular formula is C21H20F3N3O. The van der Waals surface area contributed by atoms with E-state index in [1.54, 1.807) is 15.9 Å². The number of alkyl halides is 3. The lowest BCUT2D eigenvalue weighted by atomic mass is 10.1. The predicted octanol–water partition coefficient (Wildman–Crippen LogP) is 4.10. The molecule has 1 aliphatic rings. The molecule has 3 rings (SSSR count). The van der Waals surface area contributed by atoms with Gasteiger partial charge in [0.15, 0.2) is 0 Å². The summed E-state index contributed by atoms with van der Waals surface area (Å²) in [6.07, 6.45) is -3.68. The molecule has 0 unspecified atom stereocenters. The van der Waals surface area contributed by atoms with E-state index in [4.69, 9.17) is 5.26 Å². The van der Waals surface area contributed by atoms with Crippen LogP contribution in [0.3, 0.4) is 0 Å². The Morgan fingerprint density at radius 2 is 1.71 bits per heavy atom. The lowest BCUT2D eigenvalue weighted by Crippen LogP contribution is -2.48. The summed E-state index contributed by atoms with van der Waals surface area (Å²) >= 11 is 0. The zero-order valence-corrected chi connectivity index (χ0v) is 15.5. The van der Waals surface area contributed by atoms with Gasteiger partial charge in [-0.25, -0.2) is 0 Å². The summed E-state index contributed by atoms with van der Waals surface area (Å²) in [4.78, 5) is 16.2. The largest absolute Gasteiger partial charge is 0.417 e. The lowest BCUT2D eigenvalue weighted by molar-refractivity contribution is -0.137. The van der Waals surface area contributed by atoms with Crippen LogP contribution < -0.4 is 4.90 Å². The standard InChI is InChI=1S/C21H20F3N3O/c1-2-15-3-5-16(6-4-15)20(28)27-11-9-26(10-12-27)18-8-7-17(14-25)19(13-18)21(22,23)24/h3-8,13H,2,9-12H2,1H3. The lowest BCUT2D eigenvalue weighted by Gasteiger charge is -2.36. The second-order valence-electron chi connectivity index (χ2n) is 6.67. The van der Waals surface area contributed by atoms with Crippen LogP contribution in [0, 0.1) is 11.3 Å². The van der Waals surface area contributed by atoms with E-state index in [0.29, 0.717) is 37.4 Å². The van der Waals surface area contributed by atoms with E-state index in [-0.39, 0.29) is 11.5 Å². The molecule has 7 heteroatoms. The number of nitriles is 1. The summed E-state index contributed by atoms with van der Waals surface area (Å²) in [6, 6.07) is 12.8. The van der Waals surface area contributed by atoms with E-state index >= 15 is 0 Å². The fraction of sp³-hybridized carbons (Fsp3) is 0.333. The van der Waals surface area contributed by atoms with Crippen molar-refractivity contribution in [1.82, 2.24) is 4.90 Å². The minimum Gasteiger partial charge on any atom is -0.368 e. The van der Waals surface area contributed by atoms with Crippen LogP contribution in [-0.2, 0) is 12.6 Å². The third-order valence-corrected chi connectivity index (χ3v) is 4.97. The average molecular weight is 387 g/mol.